The quantitative estimate of drug-likeness (QED) is 0.815. The molecule has 0 amide bonds. The normalized spacial score (nSPS) is 35.1. The molecule has 2 nitrogen and oxygen atoms in total. The van der Waals surface area contributed by atoms with Crippen molar-refractivity contribution in [1.29, 1.82) is 0 Å². The number of hydrogen-bond donors (Lipinski definition) is 1. The third-order valence-electron chi connectivity index (χ3n) is 4.61. The average molecular weight is 239 g/mol. The summed E-state index contributed by atoms with van der Waals surface area (Å²) in [7, 11) is 0. The maximum Gasteiger partial charge on any atom is 0.0700 e. The monoisotopic (exact) mass is 239 g/mol. The van der Waals surface area contributed by atoms with Crippen LogP contribution in [-0.2, 0) is 4.74 Å². The lowest BCUT2D eigenvalue weighted by atomic mass is 9.71. The molecular formula is C15H29NO. The molecule has 1 saturated heterocycles. The highest BCUT2D eigenvalue weighted by Crippen LogP contribution is 2.37. The van der Waals surface area contributed by atoms with Crippen molar-refractivity contribution in [2.24, 2.45) is 11.3 Å². The minimum atomic E-state index is 0.496. The highest BCUT2D eigenvalue weighted by Gasteiger charge is 2.29. The van der Waals surface area contributed by atoms with Crippen molar-refractivity contribution in [1.82, 2.24) is 5.32 Å². The van der Waals surface area contributed by atoms with Crippen LogP contribution in [0.25, 0.3) is 0 Å². The molecule has 0 aromatic heterocycles. The maximum absolute atomic E-state index is 5.66. The first-order chi connectivity index (χ1) is 8.05. The molecule has 1 saturated carbocycles. The highest BCUT2D eigenvalue weighted by molar-refractivity contribution is 4.84. The molecule has 100 valence electrons. The fraction of sp³-hybridized carbons (Fsp3) is 1.00. The predicted molar refractivity (Wildman–Crippen MR) is 72.2 cm³/mol. The van der Waals surface area contributed by atoms with Crippen molar-refractivity contribution in [3.63, 3.8) is 0 Å². The molecule has 0 bridgehead atoms. The summed E-state index contributed by atoms with van der Waals surface area (Å²) >= 11 is 0. The van der Waals surface area contributed by atoms with Crippen LogP contribution in [0.2, 0.25) is 0 Å². The van der Waals surface area contributed by atoms with E-state index in [1.807, 2.05) is 0 Å². The molecule has 0 radical (unpaired) electrons. The van der Waals surface area contributed by atoms with Crippen LogP contribution >= 0.6 is 0 Å². The van der Waals surface area contributed by atoms with Gasteiger partial charge in [-0.3, -0.25) is 0 Å². The van der Waals surface area contributed by atoms with Crippen LogP contribution in [0.1, 0.15) is 59.3 Å². The van der Waals surface area contributed by atoms with E-state index in [0.29, 0.717) is 11.5 Å². The SMILES string of the molecule is CC(C)(C)C1CCC(NCC2CCCO2)CC1. The van der Waals surface area contributed by atoms with Crippen molar-refractivity contribution >= 4 is 0 Å². The number of rotatable bonds is 3. The van der Waals surface area contributed by atoms with Crippen LogP contribution < -0.4 is 5.32 Å². The zero-order chi connectivity index (χ0) is 12.3. The van der Waals surface area contributed by atoms with Crippen LogP contribution in [0.4, 0.5) is 0 Å². The maximum atomic E-state index is 5.66. The van der Waals surface area contributed by atoms with Gasteiger partial charge in [-0.1, -0.05) is 20.8 Å². The first-order valence-corrected chi connectivity index (χ1v) is 7.40. The summed E-state index contributed by atoms with van der Waals surface area (Å²) in [4.78, 5) is 0. The summed E-state index contributed by atoms with van der Waals surface area (Å²) in [5.74, 6) is 0.920. The Morgan fingerprint density at radius 2 is 1.76 bits per heavy atom. The van der Waals surface area contributed by atoms with Crippen LogP contribution in [-0.4, -0.2) is 25.3 Å². The fourth-order valence-electron chi connectivity index (χ4n) is 3.27. The lowest BCUT2D eigenvalue weighted by Gasteiger charge is -2.37. The largest absolute Gasteiger partial charge is 0.377 e. The van der Waals surface area contributed by atoms with Crippen molar-refractivity contribution < 1.29 is 4.74 Å². The molecule has 1 atom stereocenters. The molecule has 1 heterocycles. The standard InChI is InChI=1S/C15H29NO/c1-15(2,3)12-6-8-13(9-7-12)16-11-14-5-4-10-17-14/h12-14,16H,4-11H2,1-3H3. The summed E-state index contributed by atoms with van der Waals surface area (Å²) in [5, 5.41) is 3.71. The van der Waals surface area contributed by atoms with Gasteiger partial charge in [-0.2, -0.15) is 0 Å². The van der Waals surface area contributed by atoms with E-state index in [1.54, 1.807) is 0 Å². The summed E-state index contributed by atoms with van der Waals surface area (Å²) < 4.78 is 5.66. The van der Waals surface area contributed by atoms with E-state index < -0.39 is 0 Å². The Morgan fingerprint density at radius 3 is 2.29 bits per heavy atom. The molecule has 1 N–H and O–H groups in total. The van der Waals surface area contributed by atoms with E-state index in [9.17, 15) is 0 Å². The summed E-state index contributed by atoms with van der Waals surface area (Å²) in [5.41, 5.74) is 0.500. The second kappa shape index (κ2) is 5.71. The summed E-state index contributed by atoms with van der Waals surface area (Å²) in [6.45, 7) is 9.21. The van der Waals surface area contributed by atoms with E-state index in [0.717, 1.165) is 25.1 Å². The van der Waals surface area contributed by atoms with Gasteiger partial charge in [0.1, 0.15) is 0 Å². The van der Waals surface area contributed by atoms with Gasteiger partial charge >= 0.3 is 0 Å². The van der Waals surface area contributed by atoms with Crippen LogP contribution in [0.3, 0.4) is 0 Å². The third kappa shape index (κ3) is 3.96. The Balaban J connectivity index is 1.65. The van der Waals surface area contributed by atoms with Gasteiger partial charge in [-0.05, 0) is 49.9 Å². The lowest BCUT2D eigenvalue weighted by Crippen LogP contribution is -2.39. The molecule has 2 fully saturated rings. The molecule has 0 aromatic rings. The van der Waals surface area contributed by atoms with Gasteiger partial charge in [-0.15, -0.1) is 0 Å². The number of hydrogen-bond acceptors (Lipinski definition) is 2. The molecule has 1 aliphatic heterocycles. The van der Waals surface area contributed by atoms with Gasteiger partial charge in [0.2, 0.25) is 0 Å². The van der Waals surface area contributed by atoms with Gasteiger partial charge in [0.15, 0.2) is 0 Å². The lowest BCUT2D eigenvalue weighted by molar-refractivity contribution is 0.100. The van der Waals surface area contributed by atoms with Gasteiger partial charge in [0.25, 0.3) is 0 Å². The second-order valence-corrected chi connectivity index (χ2v) is 6.96. The molecule has 1 unspecified atom stereocenters. The zero-order valence-corrected chi connectivity index (χ0v) is 11.8. The summed E-state index contributed by atoms with van der Waals surface area (Å²) in [6, 6.07) is 0.748. The van der Waals surface area contributed by atoms with Crippen molar-refractivity contribution in [3.05, 3.63) is 0 Å². The Hall–Kier alpha value is -0.0800. The Labute approximate surface area is 107 Å². The van der Waals surface area contributed by atoms with E-state index in [2.05, 4.69) is 26.1 Å². The third-order valence-corrected chi connectivity index (χ3v) is 4.61. The van der Waals surface area contributed by atoms with E-state index in [4.69, 9.17) is 4.74 Å². The minimum absolute atomic E-state index is 0.496. The fourth-order valence-corrected chi connectivity index (χ4v) is 3.27. The van der Waals surface area contributed by atoms with E-state index >= 15 is 0 Å². The zero-order valence-electron chi connectivity index (χ0n) is 11.8. The van der Waals surface area contributed by atoms with Crippen LogP contribution in [0.15, 0.2) is 0 Å². The molecule has 2 heteroatoms. The van der Waals surface area contributed by atoms with Gasteiger partial charge < -0.3 is 10.1 Å². The summed E-state index contributed by atoms with van der Waals surface area (Å²) in [6.07, 6.45) is 8.51. The number of ether oxygens (including phenoxy) is 1. The topological polar surface area (TPSA) is 21.3 Å². The Kier molecular flexibility index (Phi) is 4.48. The van der Waals surface area contributed by atoms with Gasteiger partial charge in [0.05, 0.1) is 6.10 Å². The molecule has 0 aromatic carbocycles. The number of nitrogens with one attached hydrogen (secondary N) is 1. The second-order valence-electron chi connectivity index (χ2n) is 6.96. The van der Waals surface area contributed by atoms with Gasteiger partial charge in [-0.25, -0.2) is 0 Å². The minimum Gasteiger partial charge on any atom is -0.377 e. The molecule has 2 rings (SSSR count). The molecular weight excluding hydrogens is 210 g/mol. The first-order valence-electron chi connectivity index (χ1n) is 7.40. The van der Waals surface area contributed by atoms with Crippen molar-refractivity contribution in [2.45, 2.75) is 71.4 Å². The predicted octanol–water partition coefficient (Wildman–Crippen LogP) is 3.36. The van der Waals surface area contributed by atoms with Crippen LogP contribution in [0.5, 0.6) is 0 Å². The first kappa shape index (κ1) is 13.4. The van der Waals surface area contributed by atoms with Crippen molar-refractivity contribution in [2.75, 3.05) is 13.2 Å². The Bertz CT molecular complexity index is 220. The van der Waals surface area contributed by atoms with Gasteiger partial charge in [0, 0.05) is 19.2 Å². The molecule has 2 aliphatic rings. The molecule has 0 spiro atoms. The van der Waals surface area contributed by atoms with Crippen molar-refractivity contribution in [3.8, 4) is 0 Å². The molecule has 17 heavy (non-hydrogen) atoms. The van der Waals surface area contributed by atoms with Crippen LogP contribution in [0, 0.1) is 11.3 Å². The molecule has 1 aliphatic carbocycles. The van der Waals surface area contributed by atoms with E-state index in [-0.39, 0.29) is 0 Å². The van der Waals surface area contributed by atoms with E-state index in [1.165, 1.54) is 38.5 Å². The average Bonchev–Trinajstić information content (AvgIpc) is 2.78. The smallest absolute Gasteiger partial charge is 0.0700 e. The highest BCUT2D eigenvalue weighted by atomic mass is 16.5. The Morgan fingerprint density at radius 1 is 1.06 bits per heavy atom.